The van der Waals surface area contributed by atoms with Gasteiger partial charge in [0.1, 0.15) is 12.1 Å². The van der Waals surface area contributed by atoms with Gasteiger partial charge in [0, 0.05) is 26.2 Å². The maximum absolute atomic E-state index is 12.1. The van der Waals surface area contributed by atoms with E-state index in [-0.39, 0.29) is 52.6 Å². The number of nitrogens with zero attached hydrogens (tertiary/aromatic N) is 3. The van der Waals surface area contributed by atoms with E-state index in [2.05, 4.69) is 0 Å². The summed E-state index contributed by atoms with van der Waals surface area (Å²) in [7, 11) is 0. The van der Waals surface area contributed by atoms with Crippen LogP contribution in [0.2, 0.25) is 0 Å². The molecule has 2 aromatic carbocycles. The van der Waals surface area contributed by atoms with Gasteiger partial charge in [0.15, 0.2) is 0 Å². The van der Waals surface area contributed by atoms with E-state index in [1.165, 1.54) is 4.90 Å². The van der Waals surface area contributed by atoms with Crippen LogP contribution < -0.4 is 0 Å². The fourth-order valence-corrected chi connectivity index (χ4v) is 4.43. The zero-order valence-electron chi connectivity index (χ0n) is 24.6. The van der Waals surface area contributed by atoms with Crippen LogP contribution in [0.5, 0.6) is 0 Å². The summed E-state index contributed by atoms with van der Waals surface area (Å²) in [6, 6.07) is 15.2. The number of hydrogen-bond donors (Lipinski definition) is 5. The SMILES string of the molecule is O=C(O)CN(CCN(CC(=O)O)[C@H](COCc1ccccc1)C(=O)O)CCN(CC(=O)O)[C@@H](COCc1ccccc1)C(=O)O. The molecule has 0 aliphatic carbocycles. The summed E-state index contributed by atoms with van der Waals surface area (Å²) in [6.07, 6.45) is 0. The highest BCUT2D eigenvalue weighted by atomic mass is 16.5. The van der Waals surface area contributed by atoms with Gasteiger partial charge >= 0.3 is 29.8 Å². The zero-order chi connectivity index (χ0) is 33.2. The summed E-state index contributed by atoms with van der Waals surface area (Å²) in [6.45, 7) is -3.00. The zero-order valence-corrected chi connectivity index (χ0v) is 24.6. The molecule has 5 N–H and O–H groups in total. The molecule has 0 heterocycles. The number of ether oxygens (including phenoxy) is 2. The molecule has 0 fully saturated rings. The Balaban J connectivity index is 2.10. The molecule has 0 unspecified atom stereocenters. The molecule has 0 aliphatic heterocycles. The number of benzene rings is 2. The van der Waals surface area contributed by atoms with Gasteiger partial charge in [-0.1, -0.05) is 60.7 Å². The summed E-state index contributed by atoms with van der Waals surface area (Å²) in [5.74, 6) is -6.52. The van der Waals surface area contributed by atoms with E-state index in [0.29, 0.717) is 0 Å². The molecule has 246 valence electrons. The van der Waals surface area contributed by atoms with Crippen molar-refractivity contribution in [2.75, 3.05) is 59.0 Å². The molecule has 0 saturated heterocycles. The molecule has 0 spiro atoms. The largest absolute Gasteiger partial charge is 0.480 e. The van der Waals surface area contributed by atoms with E-state index >= 15 is 0 Å². The van der Waals surface area contributed by atoms with E-state index in [9.17, 15) is 49.5 Å². The van der Waals surface area contributed by atoms with Crippen LogP contribution in [0.25, 0.3) is 0 Å². The topological polar surface area (TPSA) is 215 Å². The average molecular weight is 634 g/mol. The summed E-state index contributed by atoms with van der Waals surface area (Å²) in [4.78, 5) is 62.5. The molecule has 2 rings (SSSR count). The predicted octanol–water partition coefficient (Wildman–Crippen LogP) is 0.486. The number of rotatable bonds is 24. The Hall–Kier alpha value is -4.41. The molecule has 0 aliphatic rings. The van der Waals surface area contributed by atoms with Crippen molar-refractivity contribution < 1.29 is 59.0 Å². The van der Waals surface area contributed by atoms with Crippen molar-refractivity contribution >= 4 is 29.8 Å². The van der Waals surface area contributed by atoms with Gasteiger partial charge in [0.25, 0.3) is 0 Å². The summed E-state index contributed by atoms with van der Waals surface area (Å²) < 4.78 is 11.1. The Labute approximate surface area is 259 Å². The number of carboxylic acid groups (broad SMARTS) is 5. The molecule has 2 aromatic rings. The predicted molar refractivity (Wildman–Crippen MR) is 158 cm³/mol. The molecule has 15 nitrogen and oxygen atoms in total. The Morgan fingerprint density at radius 1 is 0.533 bits per heavy atom. The molecule has 0 saturated carbocycles. The lowest BCUT2D eigenvalue weighted by Crippen LogP contribution is -2.52. The van der Waals surface area contributed by atoms with Crippen LogP contribution in [-0.4, -0.2) is 141 Å². The highest BCUT2D eigenvalue weighted by molar-refractivity contribution is 5.76. The van der Waals surface area contributed by atoms with Crippen LogP contribution >= 0.6 is 0 Å². The van der Waals surface area contributed by atoms with Crippen molar-refractivity contribution in [2.24, 2.45) is 0 Å². The second kappa shape index (κ2) is 19.8. The minimum Gasteiger partial charge on any atom is -0.480 e. The standard InChI is InChI=1S/C30H39N3O12/c34-26(35)15-31(11-13-32(16-27(36)37)24(29(40)41)20-44-18-22-7-3-1-4-8-22)12-14-33(17-28(38)39)25(30(42)43)21-45-19-23-9-5-2-6-10-23/h1-10,24-25H,11-21H2,(H,34,35)(H,36,37)(H,38,39)(H,40,41)(H,42,43)/t24-,25+. The van der Waals surface area contributed by atoms with E-state index in [0.717, 1.165) is 20.9 Å². The summed E-state index contributed by atoms with van der Waals surface area (Å²) >= 11 is 0. The number of carbonyl (C=O) groups is 5. The van der Waals surface area contributed by atoms with Crippen molar-refractivity contribution in [3.8, 4) is 0 Å². The normalized spacial score (nSPS) is 12.7. The smallest absolute Gasteiger partial charge is 0.323 e. The van der Waals surface area contributed by atoms with E-state index < -0.39 is 61.6 Å². The molecule has 0 radical (unpaired) electrons. The molecule has 0 aromatic heterocycles. The Kier molecular flexibility index (Phi) is 16.2. The maximum Gasteiger partial charge on any atom is 0.323 e. The van der Waals surface area contributed by atoms with Crippen molar-refractivity contribution in [3.05, 3.63) is 71.8 Å². The third-order valence-electron chi connectivity index (χ3n) is 6.67. The maximum atomic E-state index is 12.1. The highest BCUT2D eigenvalue weighted by Gasteiger charge is 2.30. The lowest BCUT2D eigenvalue weighted by atomic mass is 10.2. The molecule has 0 amide bonds. The highest BCUT2D eigenvalue weighted by Crippen LogP contribution is 2.09. The Morgan fingerprint density at radius 2 is 0.889 bits per heavy atom. The first-order valence-corrected chi connectivity index (χ1v) is 14.0. The quantitative estimate of drug-likeness (QED) is 0.106. The van der Waals surface area contributed by atoms with Crippen LogP contribution in [0.15, 0.2) is 60.7 Å². The van der Waals surface area contributed by atoms with Crippen LogP contribution in [0, 0.1) is 0 Å². The van der Waals surface area contributed by atoms with Crippen LogP contribution in [0.1, 0.15) is 11.1 Å². The van der Waals surface area contributed by atoms with E-state index in [4.69, 9.17) is 9.47 Å². The molecule has 2 atom stereocenters. The van der Waals surface area contributed by atoms with E-state index in [1.807, 2.05) is 12.1 Å². The summed E-state index contributed by atoms with van der Waals surface area (Å²) in [5, 5.41) is 48.0. The first-order valence-electron chi connectivity index (χ1n) is 14.0. The third kappa shape index (κ3) is 14.7. The van der Waals surface area contributed by atoms with Crippen molar-refractivity contribution in [3.63, 3.8) is 0 Å². The van der Waals surface area contributed by atoms with Gasteiger partial charge in [-0.15, -0.1) is 0 Å². The first kappa shape index (κ1) is 36.8. The second-order valence-electron chi connectivity index (χ2n) is 10.1. The van der Waals surface area contributed by atoms with E-state index in [1.54, 1.807) is 48.5 Å². The van der Waals surface area contributed by atoms with Crippen molar-refractivity contribution in [2.45, 2.75) is 25.3 Å². The third-order valence-corrected chi connectivity index (χ3v) is 6.67. The van der Waals surface area contributed by atoms with Gasteiger partial charge in [-0.25, -0.2) is 0 Å². The average Bonchev–Trinajstić information content (AvgIpc) is 2.98. The molecule has 15 heteroatoms. The van der Waals surface area contributed by atoms with Crippen LogP contribution in [0.4, 0.5) is 0 Å². The minimum absolute atomic E-state index is 0.0931. The van der Waals surface area contributed by atoms with Gasteiger partial charge in [-0.2, -0.15) is 0 Å². The van der Waals surface area contributed by atoms with Crippen molar-refractivity contribution in [1.29, 1.82) is 0 Å². The second-order valence-corrected chi connectivity index (χ2v) is 10.1. The fraction of sp³-hybridized carbons (Fsp3) is 0.433. The monoisotopic (exact) mass is 633 g/mol. The number of carboxylic acids is 5. The van der Waals surface area contributed by atoms with Crippen molar-refractivity contribution in [1.82, 2.24) is 14.7 Å². The van der Waals surface area contributed by atoms with Gasteiger partial charge in [0.05, 0.1) is 46.1 Å². The summed E-state index contributed by atoms with van der Waals surface area (Å²) in [5.41, 5.74) is 1.57. The lowest BCUT2D eigenvalue weighted by molar-refractivity contribution is -0.150. The van der Waals surface area contributed by atoms with Gasteiger partial charge in [-0.3, -0.25) is 38.7 Å². The number of hydrogen-bond acceptors (Lipinski definition) is 10. The molecule has 0 bridgehead atoms. The molecular formula is C30H39N3O12. The van der Waals surface area contributed by atoms with Crippen LogP contribution in [-0.2, 0) is 46.7 Å². The number of aliphatic carboxylic acids is 5. The van der Waals surface area contributed by atoms with Gasteiger partial charge in [0.2, 0.25) is 0 Å². The van der Waals surface area contributed by atoms with Gasteiger partial charge in [-0.05, 0) is 11.1 Å². The Morgan fingerprint density at radius 3 is 1.20 bits per heavy atom. The Bertz CT molecular complexity index is 1140. The first-order chi connectivity index (χ1) is 21.5. The molecule has 45 heavy (non-hydrogen) atoms. The van der Waals surface area contributed by atoms with Gasteiger partial charge < -0.3 is 35.0 Å². The fourth-order valence-electron chi connectivity index (χ4n) is 4.43. The molecular weight excluding hydrogens is 594 g/mol. The minimum atomic E-state index is -1.36. The van der Waals surface area contributed by atoms with Crippen LogP contribution in [0.3, 0.4) is 0 Å². The lowest BCUT2D eigenvalue weighted by Gasteiger charge is -2.32.